The van der Waals surface area contributed by atoms with Crippen LogP contribution in [0.5, 0.6) is 0 Å². The van der Waals surface area contributed by atoms with Gasteiger partial charge >= 0.3 is 5.97 Å². The van der Waals surface area contributed by atoms with Crippen molar-refractivity contribution in [2.24, 2.45) is 0 Å². The molecule has 0 radical (unpaired) electrons. The van der Waals surface area contributed by atoms with Gasteiger partial charge in [0.2, 0.25) is 0 Å². The molecule has 84 valence electrons. The van der Waals surface area contributed by atoms with Gasteiger partial charge in [0.05, 0.1) is 6.10 Å². The maximum Gasteiger partial charge on any atom is 0.303 e. The number of hydrogen-bond donors (Lipinski definition) is 2. The van der Waals surface area contributed by atoms with Crippen LogP contribution in [0.3, 0.4) is 0 Å². The highest BCUT2D eigenvalue weighted by molar-refractivity contribution is 7.12. The Morgan fingerprint density at radius 3 is 2.67 bits per heavy atom. The third-order valence-corrected chi connectivity index (χ3v) is 3.29. The number of aliphatic carboxylic acids is 1. The number of carboxylic acids is 1. The van der Waals surface area contributed by atoms with E-state index in [1.165, 1.54) is 4.88 Å². The molecule has 1 aromatic heterocycles. The number of thiophene rings is 1. The van der Waals surface area contributed by atoms with Crippen LogP contribution in [-0.4, -0.2) is 16.2 Å². The fourth-order valence-corrected chi connectivity index (χ4v) is 2.57. The maximum atomic E-state index is 10.3. The van der Waals surface area contributed by atoms with Crippen molar-refractivity contribution in [3.05, 3.63) is 21.4 Å². The molecule has 4 heteroatoms. The Bertz CT molecular complexity index is 344. The van der Waals surface area contributed by atoms with Crippen LogP contribution in [0.4, 0.5) is 0 Å². The molecule has 0 aliphatic carbocycles. The standard InChI is InChI=1S/C11H16O3S/c1-7-6-9(8(2)15-7)10(12)4-3-5-11(13)14/h6,10,12H,3-5H2,1-2H3,(H,13,14). The zero-order valence-electron chi connectivity index (χ0n) is 8.99. The van der Waals surface area contributed by atoms with Gasteiger partial charge in [-0.15, -0.1) is 11.3 Å². The molecule has 1 rings (SSSR count). The van der Waals surface area contributed by atoms with Crippen molar-refractivity contribution in [1.82, 2.24) is 0 Å². The van der Waals surface area contributed by atoms with Crippen LogP contribution < -0.4 is 0 Å². The van der Waals surface area contributed by atoms with Crippen molar-refractivity contribution in [1.29, 1.82) is 0 Å². The van der Waals surface area contributed by atoms with E-state index < -0.39 is 12.1 Å². The van der Waals surface area contributed by atoms with Gasteiger partial charge in [0.15, 0.2) is 0 Å². The van der Waals surface area contributed by atoms with E-state index in [9.17, 15) is 9.90 Å². The number of hydrogen-bond acceptors (Lipinski definition) is 3. The molecular formula is C11H16O3S. The fraction of sp³-hybridized carbons (Fsp3) is 0.545. The minimum Gasteiger partial charge on any atom is -0.481 e. The highest BCUT2D eigenvalue weighted by Crippen LogP contribution is 2.28. The van der Waals surface area contributed by atoms with Crippen molar-refractivity contribution in [3.8, 4) is 0 Å². The topological polar surface area (TPSA) is 57.5 Å². The van der Waals surface area contributed by atoms with Crippen LogP contribution in [0.15, 0.2) is 6.07 Å². The van der Waals surface area contributed by atoms with E-state index in [-0.39, 0.29) is 6.42 Å². The van der Waals surface area contributed by atoms with Crippen LogP contribution in [0.25, 0.3) is 0 Å². The molecule has 1 heterocycles. The number of rotatable bonds is 5. The lowest BCUT2D eigenvalue weighted by Gasteiger charge is -2.08. The zero-order valence-corrected chi connectivity index (χ0v) is 9.80. The largest absolute Gasteiger partial charge is 0.481 e. The quantitative estimate of drug-likeness (QED) is 0.814. The fourth-order valence-electron chi connectivity index (χ4n) is 1.58. The lowest BCUT2D eigenvalue weighted by molar-refractivity contribution is -0.137. The normalized spacial score (nSPS) is 12.7. The van der Waals surface area contributed by atoms with Gasteiger partial charge in [0.1, 0.15) is 0 Å². The zero-order chi connectivity index (χ0) is 11.4. The molecule has 2 N–H and O–H groups in total. The predicted octanol–water partition coefficient (Wildman–Crippen LogP) is 2.65. The van der Waals surface area contributed by atoms with Crippen LogP contribution in [0, 0.1) is 13.8 Å². The molecule has 0 fully saturated rings. The van der Waals surface area contributed by atoms with E-state index in [2.05, 4.69) is 0 Å². The Labute approximate surface area is 93.4 Å². The summed E-state index contributed by atoms with van der Waals surface area (Å²) in [5.41, 5.74) is 0.947. The summed E-state index contributed by atoms with van der Waals surface area (Å²) in [6, 6.07) is 1.98. The van der Waals surface area contributed by atoms with Crippen molar-refractivity contribution >= 4 is 17.3 Å². The minimum absolute atomic E-state index is 0.124. The summed E-state index contributed by atoms with van der Waals surface area (Å²) >= 11 is 1.66. The van der Waals surface area contributed by atoms with E-state index in [1.807, 2.05) is 19.9 Å². The van der Waals surface area contributed by atoms with Crippen molar-refractivity contribution in [2.45, 2.75) is 39.2 Å². The average Bonchev–Trinajstić information content (AvgIpc) is 2.44. The third kappa shape index (κ3) is 3.64. The Morgan fingerprint density at radius 2 is 2.20 bits per heavy atom. The van der Waals surface area contributed by atoms with Gasteiger partial charge in [-0.05, 0) is 38.3 Å². The molecule has 15 heavy (non-hydrogen) atoms. The van der Waals surface area contributed by atoms with Gasteiger partial charge in [0, 0.05) is 16.2 Å². The third-order valence-electron chi connectivity index (χ3n) is 2.31. The predicted molar refractivity (Wildman–Crippen MR) is 60.2 cm³/mol. The summed E-state index contributed by atoms with van der Waals surface area (Å²) in [7, 11) is 0. The second-order valence-electron chi connectivity index (χ2n) is 3.67. The van der Waals surface area contributed by atoms with Crippen molar-refractivity contribution in [2.75, 3.05) is 0 Å². The van der Waals surface area contributed by atoms with E-state index in [0.717, 1.165) is 10.4 Å². The van der Waals surface area contributed by atoms with E-state index >= 15 is 0 Å². The monoisotopic (exact) mass is 228 g/mol. The number of aliphatic hydroxyl groups excluding tert-OH is 1. The van der Waals surface area contributed by atoms with Crippen LogP contribution >= 0.6 is 11.3 Å². The molecule has 0 saturated carbocycles. The molecule has 1 aromatic rings. The number of aryl methyl sites for hydroxylation is 2. The maximum absolute atomic E-state index is 10.3. The van der Waals surface area contributed by atoms with Gasteiger partial charge in [-0.1, -0.05) is 0 Å². The summed E-state index contributed by atoms with van der Waals surface area (Å²) in [6.45, 7) is 3.98. The lowest BCUT2D eigenvalue weighted by Crippen LogP contribution is -2.00. The van der Waals surface area contributed by atoms with Gasteiger partial charge in [0.25, 0.3) is 0 Å². The number of carboxylic acid groups (broad SMARTS) is 1. The SMILES string of the molecule is Cc1cc(C(O)CCCC(=O)O)c(C)s1. The smallest absolute Gasteiger partial charge is 0.303 e. The Balaban J connectivity index is 2.50. The van der Waals surface area contributed by atoms with E-state index in [0.29, 0.717) is 12.8 Å². The Morgan fingerprint density at radius 1 is 1.53 bits per heavy atom. The second-order valence-corrected chi connectivity index (χ2v) is 5.13. The molecule has 1 unspecified atom stereocenters. The average molecular weight is 228 g/mol. The van der Waals surface area contributed by atoms with Crippen LogP contribution in [0.1, 0.15) is 40.7 Å². The summed E-state index contributed by atoms with van der Waals surface area (Å²) in [5.74, 6) is -0.805. The second kappa shape index (κ2) is 5.28. The van der Waals surface area contributed by atoms with Gasteiger partial charge < -0.3 is 10.2 Å². The molecule has 0 aliphatic heterocycles. The van der Waals surface area contributed by atoms with Crippen LogP contribution in [0.2, 0.25) is 0 Å². The molecule has 0 bridgehead atoms. The van der Waals surface area contributed by atoms with E-state index in [4.69, 9.17) is 5.11 Å². The molecule has 0 amide bonds. The van der Waals surface area contributed by atoms with Gasteiger partial charge in [-0.2, -0.15) is 0 Å². The molecule has 0 aliphatic rings. The molecule has 0 aromatic carbocycles. The molecule has 0 saturated heterocycles. The first-order valence-corrected chi connectivity index (χ1v) is 5.79. The summed E-state index contributed by atoms with van der Waals surface area (Å²) in [6.07, 6.45) is 0.641. The number of carbonyl (C=O) groups is 1. The summed E-state index contributed by atoms with van der Waals surface area (Å²) < 4.78 is 0. The molecule has 0 spiro atoms. The number of aliphatic hydroxyl groups is 1. The molecule has 3 nitrogen and oxygen atoms in total. The van der Waals surface area contributed by atoms with Gasteiger partial charge in [-0.25, -0.2) is 0 Å². The van der Waals surface area contributed by atoms with Crippen molar-refractivity contribution in [3.63, 3.8) is 0 Å². The Kier molecular flexibility index (Phi) is 4.29. The first kappa shape index (κ1) is 12.2. The van der Waals surface area contributed by atoms with Crippen LogP contribution in [-0.2, 0) is 4.79 Å². The minimum atomic E-state index is -0.805. The first-order chi connectivity index (χ1) is 7.00. The van der Waals surface area contributed by atoms with Gasteiger partial charge in [-0.3, -0.25) is 4.79 Å². The summed E-state index contributed by atoms with van der Waals surface area (Å²) in [4.78, 5) is 12.6. The highest BCUT2D eigenvalue weighted by atomic mass is 32.1. The highest BCUT2D eigenvalue weighted by Gasteiger charge is 2.13. The molecular weight excluding hydrogens is 212 g/mol. The Hall–Kier alpha value is -0.870. The first-order valence-electron chi connectivity index (χ1n) is 4.97. The molecule has 1 atom stereocenters. The summed E-state index contributed by atoms with van der Waals surface area (Å²) in [5, 5.41) is 18.3. The van der Waals surface area contributed by atoms with Crippen molar-refractivity contribution < 1.29 is 15.0 Å². The lowest BCUT2D eigenvalue weighted by atomic mass is 10.0. The van der Waals surface area contributed by atoms with E-state index in [1.54, 1.807) is 11.3 Å².